The number of carbonyl (C=O) groups is 1. The zero-order chi connectivity index (χ0) is 21.7. The molecule has 3 rings (SSSR count). The van der Waals surface area contributed by atoms with Crippen LogP contribution in [0.5, 0.6) is 5.88 Å². The van der Waals surface area contributed by atoms with Gasteiger partial charge in [0.25, 0.3) is 5.91 Å². The summed E-state index contributed by atoms with van der Waals surface area (Å²) < 4.78 is 58.0. The van der Waals surface area contributed by atoms with E-state index < -0.39 is 29.3 Å². The van der Waals surface area contributed by atoms with Crippen LogP contribution in [0.15, 0.2) is 30.7 Å². The van der Waals surface area contributed by atoms with Crippen LogP contribution in [0.3, 0.4) is 0 Å². The lowest BCUT2D eigenvalue weighted by Crippen LogP contribution is -2.26. The molecule has 8 nitrogen and oxygen atoms in total. The van der Waals surface area contributed by atoms with Gasteiger partial charge in [-0.1, -0.05) is 0 Å². The summed E-state index contributed by atoms with van der Waals surface area (Å²) in [5.74, 6) is -2.19. The number of alkyl halides is 3. The maximum Gasteiger partial charge on any atom is 0.417 e. The van der Waals surface area contributed by atoms with Crippen LogP contribution in [0.1, 0.15) is 22.5 Å². The van der Waals surface area contributed by atoms with Crippen molar-refractivity contribution in [1.29, 1.82) is 0 Å². The van der Waals surface area contributed by atoms with E-state index in [1.54, 1.807) is 12.3 Å². The molecule has 3 aromatic heterocycles. The van der Waals surface area contributed by atoms with Gasteiger partial charge >= 0.3 is 6.18 Å². The fourth-order valence-corrected chi connectivity index (χ4v) is 2.58. The van der Waals surface area contributed by atoms with Gasteiger partial charge in [0, 0.05) is 31.7 Å². The molecule has 0 fully saturated rings. The number of halogens is 4. The Balaban J connectivity index is 1.66. The molecule has 0 saturated heterocycles. The van der Waals surface area contributed by atoms with E-state index in [1.165, 1.54) is 10.9 Å². The molecule has 0 bridgehead atoms. The molecule has 0 aliphatic heterocycles. The summed E-state index contributed by atoms with van der Waals surface area (Å²) in [6.07, 6.45) is -0.805. The number of hydrogen-bond donors (Lipinski definition) is 2. The molecule has 0 radical (unpaired) electrons. The molecule has 0 saturated carbocycles. The van der Waals surface area contributed by atoms with Crippen LogP contribution in [0, 0.1) is 5.82 Å². The molecular weight excluding hydrogens is 410 g/mol. The van der Waals surface area contributed by atoms with E-state index in [9.17, 15) is 22.4 Å². The van der Waals surface area contributed by atoms with Crippen molar-refractivity contribution in [3.05, 3.63) is 47.8 Å². The summed E-state index contributed by atoms with van der Waals surface area (Å²) in [7, 11) is 0. The second kappa shape index (κ2) is 9.03. The number of aliphatic hydroxyl groups is 1. The normalized spacial score (nSPS) is 11.6. The van der Waals surface area contributed by atoms with Crippen molar-refractivity contribution in [2.75, 3.05) is 19.8 Å². The third-order valence-corrected chi connectivity index (χ3v) is 4.01. The average molecular weight is 427 g/mol. The van der Waals surface area contributed by atoms with Gasteiger partial charge in [-0.05, 0) is 18.6 Å². The first-order valence-electron chi connectivity index (χ1n) is 8.86. The van der Waals surface area contributed by atoms with Crippen molar-refractivity contribution in [3.8, 4) is 5.88 Å². The molecule has 0 unspecified atom stereocenters. The Morgan fingerprint density at radius 2 is 2.10 bits per heavy atom. The van der Waals surface area contributed by atoms with Crippen molar-refractivity contribution >= 4 is 16.8 Å². The smallest absolute Gasteiger partial charge is 0.417 e. The first kappa shape index (κ1) is 21.4. The number of amides is 1. The van der Waals surface area contributed by atoms with Crippen LogP contribution in [0.4, 0.5) is 17.6 Å². The van der Waals surface area contributed by atoms with Gasteiger partial charge in [0.15, 0.2) is 5.82 Å². The van der Waals surface area contributed by atoms with E-state index in [0.29, 0.717) is 36.1 Å². The molecule has 3 aromatic rings. The summed E-state index contributed by atoms with van der Waals surface area (Å²) in [6.45, 7) is 0.252. The minimum absolute atomic E-state index is 0.0514. The fraction of sp³-hybridized carbons (Fsp3) is 0.333. The maximum absolute atomic E-state index is 13.8. The molecule has 160 valence electrons. The third kappa shape index (κ3) is 5.00. The van der Waals surface area contributed by atoms with E-state index >= 15 is 0 Å². The van der Waals surface area contributed by atoms with Crippen LogP contribution < -0.4 is 10.1 Å². The Morgan fingerprint density at radius 3 is 2.80 bits per heavy atom. The van der Waals surface area contributed by atoms with Gasteiger partial charge in [0.05, 0.1) is 23.0 Å². The summed E-state index contributed by atoms with van der Waals surface area (Å²) in [5.41, 5.74) is -0.549. The van der Waals surface area contributed by atoms with Crippen LogP contribution in [0.25, 0.3) is 10.9 Å². The molecule has 1 amide bonds. The molecule has 0 spiro atoms. The molecule has 0 aromatic carbocycles. The van der Waals surface area contributed by atoms with Crippen LogP contribution in [0.2, 0.25) is 0 Å². The van der Waals surface area contributed by atoms with E-state index in [-0.39, 0.29) is 25.5 Å². The van der Waals surface area contributed by atoms with E-state index in [4.69, 9.17) is 9.84 Å². The second-order valence-corrected chi connectivity index (χ2v) is 6.17. The van der Waals surface area contributed by atoms with Crippen molar-refractivity contribution in [2.45, 2.75) is 19.1 Å². The molecule has 30 heavy (non-hydrogen) atoms. The van der Waals surface area contributed by atoms with E-state index in [0.717, 1.165) is 0 Å². The number of fused-ring (bicyclic) bond motifs is 1. The monoisotopic (exact) mass is 427 g/mol. The summed E-state index contributed by atoms with van der Waals surface area (Å²) in [6, 6.07) is 1.92. The van der Waals surface area contributed by atoms with Crippen LogP contribution in [-0.4, -0.2) is 50.5 Å². The van der Waals surface area contributed by atoms with E-state index in [2.05, 4.69) is 20.4 Å². The number of aromatic nitrogens is 4. The van der Waals surface area contributed by atoms with Crippen molar-refractivity contribution in [1.82, 2.24) is 25.1 Å². The standard InChI is InChI=1S/C18H17F4N5O3/c19-13-8-11(18(20,21)22)9-25-17(13)30-7-5-27-10-12-14(26-27)2-4-23-15(12)16(29)24-3-1-6-28/h2,4,8-10,28H,1,3,5-7H2,(H,24,29). The van der Waals surface area contributed by atoms with Gasteiger partial charge in [-0.3, -0.25) is 14.5 Å². The lowest BCUT2D eigenvalue weighted by Gasteiger charge is -2.09. The summed E-state index contributed by atoms with van der Waals surface area (Å²) in [4.78, 5) is 19.6. The molecule has 12 heteroatoms. The van der Waals surface area contributed by atoms with Gasteiger partial charge in [-0.2, -0.15) is 18.3 Å². The Bertz CT molecular complexity index is 1040. The highest BCUT2D eigenvalue weighted by atomic mass is 19.4. The van der Waals surface area contributed by atoms with Gasteiger partial charge in [0.2, 0.25) is 5.88 Å². The molecule has 2 N–H and O–H groups in total. The zero-order valence-corrected chi connectivity index (χ0v) is 15.5. The number of carbonyl (C=O) groups excluding carboxylic acids is 1. The SMILES string of the molecule is O=C(NCCCO)c1nccc2nn(CCOc3ncc(C(F)(F)F)cc3F)cc12. The predicted molar refractivity (Wildman–Crippen MR) is 96.3 cm³/mol. The van der Waals surface area contributed by atoms with Gasteiger partial charge < -0.3 is 15.2 Å². The number of aliphatic hydroxyl groups excluding tert-OH is 1. The largest absolute Gasteiger partial charge is 0.474 e. The maximum atomic E-state index is 13.8. The highest BCUT2D eigenvalue weighted by molar-refractivity contribution is 6.04. The van der Waals surface area contributed by atoms with Crippen LogP contribution in [-0.2, 0) is 12.7 Å². The molecule has 0 aliphatic rings. The fourth-order valence-electron chi connectivity index (χ4n) is 2.58. The first-order valence-corrected chi connectivity index (χ1v) is 8.86. The highest BCUT2D eigenvalue weighted by Crippen LogP contribution is 2.30. The Morgan fingerprint density at radius 1 is 1.30 bits per heavy atom. The van der Waals surface area contributed by atoms with Crippen LogP contribution >= 0.6 is 0 Å². The van der Waals surface area contributed by atoms with Gasteiger partial charge in [0.1, 0.15) is 12.3 Å². The zero-order valence-electron chi connectivity index (χ0n) is 15.5. The Hall–Kier alpha value is -3.28. The second-order valence-electron chi connectivity index (χ2n) is 6.17. The van der Waals surface area contributed by atoms with Crippen molar-refractivity contribution in [2.24, 2.45) is 0 Å². The number of hydrogen-bond acceptors (Lipinski definition) is 6. The topological polar surface area (TPSA) is 102 Å². The van der Waals surface area contributed by atoms with Crippen molar-refractivity contribution in [3.63, 3.8) is 0 Å². The Labute approximate surface area is 167 Å². The minimum Gasteiger partial charge on any atom is -0.474 e. The van der Waals surface area contributed by atoms with E-state index in [1.807, 2.05) is 0 Å². The number of rotatable bonds is 8. The number of ether oxygens (including phenoxy) is 1. The summed E-state index contributed by atoms with van der Waals surface area (Å²) >= 11 is 0. The minimum atomic E-state index is -4.70. The average Bonchev–Trinajstić information content (AvgIpc) is 3.11. The number of nitrogens with one attached hydrogen (secondary N) is 1. The number of pyridine rings is 2. The predicted octanol–water partition coefficient (Wildman–Crippen LogP) is 2.18. The summed E-state index contributed by atoms with van der Waals surface area (Å²) in [5, 5.41) is 16.2. The first-order chi connectivity index (χ1) is 14.3. The molecule has 0 aliphatic carbocycles. The quantitative estimate of drug-likeness (QED) is 0.422. The lowest BCUT2D eigenvalue weighted by molar-refractivity contribution is -0.138. The highest BCUT2D eigenvalue weighted by Gasteiger charge is 2.32. The van der Waals surface area contributed by atoms with Gasteiger partial charge in [-0.15, -0.1) is 0 Å². The molecule has 0 atom stereocenters. The third-order valence-electron chi connectivity index (χ3n) is 4.01. The molecular formula is C18H17F4N5O3. The Kier molecular flexibility index (Phi) is 6.45. The molecule has 3 heterocycles. The lowest BCUT2D eigenvalue weighted by atomic mass is 10.2. The van der Waals surface area contributed by atoms with Gasteiger partial charge in [-0.25, -0.2) is 9.37 Å². The number of nitrogens with zero attached hydrogens (tertiary/aromatic N) is 4. The van der Waals surface area contributed by atoms with Crippen molar-refractivity contribution < 1.29 is 32.2 Å².